The lowest BCUT2D eigenvalue weighted by atomic mass is 9.97. The summed E-state index contributed by atoms with van der Waals surface area (Å²) in [4.78, 5) is 1.22. The van der Waals surface area contributed by atoms with Crippen molar-refractivity contribution in [3.63, 3.8) is 0 Å². The predicted octanol–water partition coefficient (Wildman–Crippen LogP) is 3.70. The third kappa shape index (κ3) is 2.64. The van der Waals surface area contributed by atoms with Crippen LogP contribution < -0.4 is 5.73 Å². The van der Waals surface area contributed by atoms with Crippen molar-refractivity contribution in [2.24, 2.45) is 11.7 Å². The molecule has 2 heterocycles. The smallest absolute Gasteiger partial charge is 0.0843 e. The molecule has 0 aromatic carbocycles. The van der Waals surface area contributed by atoms with Crippen LogP contribution in [0.4, 0.5) is 0 Å². The number of halogens is 2. The van der Waals surface area contributed by atoms with Crippen LogP contribution in [0.5, 0.6) is 0 Å². The Balaban J connectivity index is 2.10. The normalized spacial score (nSPS) is 28.3. The minimum Gasteiger partial charge on any atom is -0.378 e. The van der Waals surface area contributed by atoms with Gasteiger partial charge in [-0.1, -0.05) is 0 Å². The molecule has 0 amide bonds. The molecule has 2 N–H and O–H groups in total. The van der Waals surface area contributed by atoms with Gasteiger partial charge in [-0.25, -0.2) is 0 Å². The Bertz CT molecular complexity index is 336. The maximum absolute atomic E-state index is 6.23. The second-order valence-electron chi connectivity index (χ2n) is 3.94. The first-order chi connectivity index (χ1) is 7.08. The maximum atomic E-state index is 6.23. The average molecular weight is 355 g/mol. The Hall–Kier alpha value is 0.580. The van der Waals surface area contributed by atoms with Crippen molar-refractivity contribution in [2.75, 3.05) is 6.61 Å². The minimum absolute atomic E-state index is 0.0996. The van der Waals surface area contributed by atoms with Gasteiger partial charge in [0.1, 0.15) is 0 Å². The lowest BCUT2D eigenvalue weighted by molar-refractivity contribution is 0.118. The summed E-state index contributed by atoms with van der Waals surface area (Å²) in [6, 6.07) is 2.20. The van der Waals surface area contributed by atoms with E-state index >= 15 is 0 Å². The molecule has 84 valence electrons. The van der Waals surface area contributed by atoms with Gasteiger partial charge >= 0.3 is 0 Å². The van der Waals surface area contributed by atoms with Gasteiger partial charge in [-0.15, -0.1) is 11.3 Å². The molecule has 1 aliphatic rings. The molecule has 0 radical (unpaired) electrons. The lowest BCUT2D eigenvalue weighted by Gasteiger charge is -2.15. The Morgan fingerprint density at radius 2 is 2.33 bits per heavy atom. The molecule has 1 aromatic rings. The van der Waals surface area contributed by atoms with Crippen LogP contribution in [-0.4, -0.2) is 12.7 Å². The van der Waals surface area contributed by atoms with Gasteiger partial charge in [0.2, 0.25) is 0 Å². The van der Waals surface area contributed by atoms with Gasteiger partial charge in [0.05, 0.1) is 16.5 Å². The number of hydrogen-bond donors (Lipinski definition) is 1. The van der Waals surface area contributed by atoms with Crippen LogP contribution in [0, 0.1) is 5.92 Å². The van der Waals surface area contributed by atoms with Gasteiger partial charge in [-0.3, -0.25) is 0 Å². The number of ether oxygens (including phenoxy) is 1. The molecule has 1 aliphatic heterocycles. The molecule has 3 unspecified atom stereocenters. The number of thiophene rings is 1. The standard InChI is InChI=1S/C10H13Br2NOS/c1-5-2-6(4-14-5)9(13)8-3-7(11)10(12)15-8/h3,5-6,9H,2,4,13H2,1H3. The molecular weight excluding hydrogens is 342 g/mol. The first kappa shape index (κ1) is 12.0. The van der Waals surface area contributed by atoms with E-state index in [1.165, 1.54) is 4.88 Å². The zero-order valence-corrected chi connectivity index (χ0v) is 12.4. The molecule has 1 saturated heterocycles. The Morgan fingerprint density at radius 1 is 1.60 bits per heavy atom. The largest absolute Gasteiger partial charge is 0.378 e. The minimum atomic E-state index is 0.0996. The van der Waals surface area contributed by atoms with E-state index in [2.05, 4.69) is 44.8 Å². The molecule has 1 aromatic heterocycles. The summed E-state index contributed by atoms with van der Waals surface area (Å²) in [5.74, 6) is 0.456. The summed E-state index contributed by atoms with van der Waals surface area (Å²) in [5, 5.41) is 0. The van der Waals surface area contributed by atoms with E-state index in [0.29, 0.717) is 12.0 Å². The van der Waals surface area contributed by atoms with Gasteiger partial charge in [-0.05, 0) is 51.3 Å². The SMILES string of the molecule is CC1CC(C(N)c2cc(Br)c(Br)s2)CO1. The molecule has 0 spiro atoms. The van der Waals surface area contributed by atoms with Gasteiger partial charge < -0.3 is 10.5 Å². The summed E-state index contributed by atoms with van der Waals surface area (Å²) >= 11 is 8.67. The molecular formula is C10H13Br2NOS. The monoisotopic (exact) mass is 353 g/mol. The summed E-state index contributed by atoms with van der Waals surface area (Å²) in [6.45, 7) is 2.89. The number of nitrogens with two attached hydrogens (primary N) is 1. The molecule has 2 rings (SSSR count). The van der Waals surface area contributed by atoms with E-state index < -0.39 is 0 Å². The van der Waals surface area contributed by atoms with E-state index in [0.717, 1.165) is 21.3 Å². The first-order valence-corrected chi connectivity index (χ1v) is 7.30. The van der Waals surface area contributed by atoms with Gasteiger partial charge in [0.15, 0.2) is 0 Å². The quantitative estimate of drug-likeness (QED) is 0.878. The Labute approximate surface area is 110 Å². The van der Waals surface area contributed by atoms with E-state index in [9.17, 15) is 0 Å². The van der Waals surface area contributed by atoms with Crippen molar-refractivity contribution >= 4 is 43.2 Å². The van der Waals surface area contributed by atoms with Crippen LogP contribution in [-0.2, 0) is 4.74 Å². The molecule has 3 atom stereocenters. The third-order valence-corrected chi connectivity index (χ3v) is 6.09. The summed E-state index contributed by atoms with van der Waals surface area (Å²) in [7, 11) is 0. The molecule has 15 heavy (non-hydrogen) atoms. The molecule has 2 nitrogen and oxygen atoms in total. The fourth-order valence-corrected chi connectivity index (χ4v) is 4.05. The molecule has 0 saturated carbocycles. The van der Waals surface area contributed by atoms with Crippen molar-refractivity contribution in [2.45, 2.75) is 25.5 Å². The maximum Gasteiger partial charge on any atom is 0.0843 e. The van der Waals surface area contributed by atoms with Gasteiger partial charge in [0.25, 0.3) is 0 Å². The van der Waals surface area contributed by atoms with Crippen molar-refractivity contribution in [1.82, 2.24) is 0 Å². The average Bonchev–Trinajstić information content (AvgIpc) is 2.74. The van der Waals surface area contributed by atoms with Gasteiger partial charge in [0, 0.05) is 21.3 Å². The summed E-state index contributed by atoms with van der Waals surface area (Å²) < 4.78 is 7.75. The van der Waals surface area contributed by atoms with Crippen LogP contribution >= 0.6 is 43.2 Å². The topological polar surface area (TPSA) is 35.2 Å². The lowest BCUT2D eigenvalue weighted by Crippen LogP contribution is -2.20. The van der Waals surface area contributed by atoms with Crippen LogP contribution in [0.2, 0.25) is 0 Å². The van der Waals surface area contributed by atoms with Crippen molar-refractivity contribution in [3.8, 4) is 0 Å². The predicted molar refractivity (Wildman–Crippen MR) is 70.2 cm³/mol. The first-order valence-electron chi connectivity index (χ1n) is 4.90. The highest BCUT2D eigenvalue weighted by atomic mass is 79.9. The molecule has 0 aliphatic carbocycles. The van der Waals surface area contributed by atoms with Crippen molar-refractivity contribution in [3.05, 3.63) is 19.2 Å². The third-order valence-electron chi connectivity index (χ3n) is 2.73. The zero-order valence-electron chi connectivity index (χ0n) is 8.37. The van der Waals surface area contributed by atoms with Gasteiger partial charge in [-0.2, -0.15) is 0 Å². The molecule has 1 fully saturated rings. The highest BCUT2D eigenvalue weighted by molar-refractivity contribution is 9.13. The Kier molecular flexibility index (Phi) is 3.88. The second-order valence-corrected chi connectivity index (χ2v) is 7.19. The van der Waals surface area contributed by atoms with Crippen LogP contribution in [0.15, 0.2) is 14.3 Å². The fraction of sp³-hybridized carbons (Fsp3) is 0.600. The number of rotatable bonds is 2. The van der Waals surface area contributed by atoms with Crippen molar-refractivity contribution in [1.29, 1.82) is 0 Å². The molecule has 5 heteroatoms. The Morgan fingerprint density at radius 3 is 2.80 bits per heavy atom. The van der Waals surface area contributed by atoms with Crippen molar-refractivity contribution < 1.29 is 4.74 Å². The van der Waals surface area contributed by atoms with Crippen LogP contribution in [0.1, 0.15) is 24.3 Å². The molecule has 0 bridgehead atoms. The second kappa shape index (κ2) is 4.84. The van der Waals surface area contributed by atoms with E-state index in [-0.39, 0.29) is 6.04 Å². The fourth-order valence-electron chi connectivity index (χ4n) is 1.86. The van der Waals surface area contributed by atoms with E-state index in [1.54, 1.807) is 11.3 Å². The summed E-state index contributed by atoms with van der Waals surface area (Å²) in [6.07, 6.45) is 1.42. The highest BCUT2D eigenvalue weighted by Gasteiger charge is 2.29. The van der Waals surface area contributed by atoms with Crippen LogP contribution in [0.25, 0.3) is 0 Å². The van der Waals surface area contributed by atoms with Crippen LogP contribution in [0.3, 0.4) is 0 Å². The zero-order chi connectivity index (χ0) is 11.0. The van der Waals surface area contributed by atoms with E-state index in [4.69, 9.17) is 10.5 Å². The summed E-state index contributed by atoms with van der Waals surface area (Å²) in [5.41, 5.74) is 6.23. The van der Waals surface area contributed by atoms with E-state index in [1.807, 2.05) is 0 Å². The highest BCUT2D eigenvalue weighted by Crippen LogP contribution is 2.39. The number of hydrogen-bond acceptors (Lipinski definition) is 3.